The molecule has 0 aromatic heterocycles. The molecule has 0 saturated carbocycles. The summed E-state index contributed by atoms with van der Waals surface area (Å²) in [4.78, 5) is 17.4. The zero-order valence-corrected chi connectivity index (χ0v) is 18.4. The summed E-state index contributed by atoms with van der Waals surface area (Å²) in [5.41, 5.74) is 1.89. The maximum atomic E-state index is 12.5. The van der Waals surface area contributed by atoms with Gasteiger partial charge in [0.1, 0.15) is 22.1 Å². The van der Waals surface area contributed by atoms with Crippen LogP contribution in [0, 0.1) is 6.92 Å². The van der Waals surface area contributed by atoms with E-state index in [-0.39, 0.29) is 28.7 Å². The fourth-order valence-corrected chi connectivity index (χ4v) is 3.95. The Hall–Kier alpha value is -3.39. The van der Waals surface area contributed by atoms with Crippen molar-refractivity contribution >= 4 is 34.5 Å². The number of aliphatic hydroxyl groups excluding tert-OH is 1. The fraction of sp³-hybridized carbons (Fsp3) is 0.217. The van der Waals surface area contributed by atoms with Crippen LogP contribution < -0.4 is 9.47 Å². The number of carbonyl (C=O) groups is 1. The van der Waals surface area contributed by atoms with Crippen molar-refractivity contribution in [3.63, 3.8) is 0 Å². The molecule has 162 valence electrons. The number of ether oxygens (including phenoxy) is 3. The van der Waals surface area contributed by atoms with E-state index in [4.69, 9.17) is 14.2 Å². The number of carbonyl (C=O) groups excluding carboxylic acids is 1. The van der Waals surface area contributed by atoms with Gasteiger partial charge in [-0.3, -0.25) is 0 Å². The minimum Gasteiger partial charge on any atom is -0.507 e. The van der Waals surface area contributed by atoms with Crippen molar-refractivity contribution in [2.24, 2.45) is 4.99 Å². The van der Waals surface area contributed by atoms with Crippen LogP contribution in [0.1, 0.15) is 18.1 Å². The van der Waals surface area contributed by atoms with E-state index in [2.05, 4.69) is 4.99 Å². The summed E-state index contributed by atoms with van der Waals surface area (Å²) in [7, 11) is 3.05. The number of aryl methyl sites for hydroxylation is 1. The Bertz CT molecular complexity index is 1100. The molecule has 31 heavy (non-hydrogen) atoms. The van der Waals surface area contributed by atoms with E-state index in [9.17, 15) is 15.0 Å². The lowest BCUT2D eigenvalue weighted by molar-refractivity contribution is -0.138. The molecular weight excluding hydrogens is 418 g/mol. The average molecular weight is 442 g/mol. The predicted octanol–water partition coefficient (Wildman–Crippen LogP) is 4.91. The Labute approximate surface area is 184 Å². The highest BCUT2D eigenvalue weighted by Gasteiger charge is 2.33. The van der Waals surface area contributed by atoms with Gasteiger partial charge in [-0.1, -0.05) is 23.9 Å². The van der Waals surface area contributed by atoms with E-state index in [0.717, 1.165) is 17.3 Å². The molecule has 3 rings (SSSR count). The summed E-state index contributed by atoms with van der Waals surface area (Å²) >= 11 is 1.11. The van der Waals surface area contributed by atoms with E-state index in [1.165, 1.54) is 14.2 Å². The van der Waals surface area contributed by atoms with Crippen molar-refractivity contribution in [2.45, 2.75) is 13.8 Å². The minimum absolute atomic E-state index is 0.0283. The number of esters is 1. The van der Waals surface area contributed by atoms with Crippen LogP contribution in [-0.4, -0.2) is 42.1 Å². The standard InChI is InChI=1S/C23H23NO6S/c1-5-30-23(27)20-21(26)19(11-14-7-6-13(2)10-16(14)25)31-22(20)24-15-8-9-17(28-3)18(12-15)29-4/h6-12,25-26H,5H2,1-4H3/b19-11+,24-22?. The number of aliphatic hydroxyl groups is 1. The molecule has 0 radical (unpaired) electrons. The molecule has 0 atom stereocenters. The first-order chi connectivity index (χ1) is 14.9. The zero-order valence-electron chi connectivity index (χ0n) is 17.6. The lowest BCUT2D eigenvalue weighted by Gasteiger charge is -2.08. The Balaban J connectivity index is 2.07. The SMILES string of the molecule is CCOC(=O)C1=C(O)/C(=C\c2ccc(C)cc2O)SC1=Nc1ccc(OC)c(OC)c1. The van der Waals surface area contributed by atoms with Gasteiger partial charge in [0.05, 0.1) is 31.4 Å². The number of hydrogen-bond donors (Lipinski definition) is 2. The number of hydrogen-bond acceptors (Lipinski definition) is 8. The Morgan fingerprint density at radius 2 is 1.84 bits per heavy atom. The van der Waals surface area contributed by atoms with Gasteiger partial charge in [-0.15, -0.1) is 0 Å². The lowest BCUT2D eigenvalue weighted by atomic mass is 10.1. The Morgan fingerprint density at radius 3 is 2.48 bits per heavy atom. The molecule has 1 heterocycles. The molecule has 0 bridgehead atoms. The van der Waals surface area contributed by atoms with Crippen LogP contribution in [0.25, 0.3) is 6.08 Å². The summed E-state index contributed by atoms with van der Waals surface area (Å²) in [6, 6.07) is 10.3. The van der Waals surface area contributed by atoms with Crippen LogP contribution in [0.5, 0.6) is 17.2 Å². The maximum Gasteiger partial charge on any atom is 0.344 e. The largest absolute Gasteiger partial charge is 0.507 e. The van der Waals surface area contributed by atoms with Gasteiger partial charge in [0, 0.05) is 11.6 Å². The van der Waals surface area contributed by atoms with Crippen molar-refractivity contribution < 1.29 is 29.2 Å². The summed E-state index contributed by atoms with van der Waals surface area (Å²) in [5, 5.41) is 21.3. The molecule has 0 aliphatic carbocycles. The number of benzene rings is 2. The van der Waals surface area contributed by atoms with Crippen LogP contribution in [0.15, 0.2) is 57.6 Å². The van der Waals surface area contributed by atoms with Crippen molar-refractivity contribution in [3.8, 4) is 17.2 Å². The first kappa shape index (κ1) is 22.3. The molecular formula is C23H23NO6S. The number of phenols is 1. The molecule has 0 saturated heterocycles. The quantitative estimate of drug-likeness (QED) is 0.615. The van der Waals surface area contributed by atoms with Crippen LogP contribution in [0.3, 0.4) is 0 Å². The first-order valence-electron chi connectivity index (χ1n) is 9.48. The Morgan fingerprint density at radius 1 is 1.10 bits per heavy atom. The van der Waals surface area contributed by atoms with Gasteiger partial charge in [-0.2, -0.15) is 0 Å². The van der Waals surface area contributed by atoms with Gasteiger partial charge in [0.15, 0.2) is 11.5 Å². The molecule has 2 N–H and O–H groups in total. The first-order valence-corrected chi connectivity index (χ1v) is 10.3. The molecule has 0 fully saturated rings. The summed E-state index contributed by atoms with van der Waals surface area (Å²) in [6.07, 6.45) is 1.60. The zero-order chi connectivity index (χ0) is 22.5. The van der Waals surface area contributed by atoms with Crippen molar-refractivity contribution in [3.05, 3.63) is 63.8 Å². The molecule has 8 heteroatoms. The number of nitrogens with zero attached hydrogens (tertiary/aromatic N) is 1. The smallest absolute Gasteiger partial charge is 0.344 e. The number of aliphatic imine (C=N–C) groups is 1. The van der Waals surface area contributed by atoms with Gasteiger partial charge in [-0.25, -0.2) is 9.79 Å². The van der Waals surface area contributed by atoms with Gasteiger partial charge in [0.2, 0.25) is 0 Å². The van der Waals surface area contributed by atoms with Gasteiger partial charge < -0.3 is 24.4 Å². The number of phenolic OH excluding ortho intramolecular Hbond substituents is 1. The molecule has 2 aromatic rings. The van der Waals surface area contributed by atoms with Gasteiger partial charge in [0.25, 0.3) is 0 Å². The molecule has 0 amide bonds. The van der Waals surface area contributed by atoms with E-state index in [1.807, 2.05) is 13.0 Å². The van der Waals surface area contributed by atoms with E-state index in [0.29, 0.717) is 27.7 Å². The third kappa shape index (κ3) is 4.86. The van der Waals surface area contributed by atoms with Crippen molar-refractivity contribution in [1.29, 1.82) is 0 Å². The summed E-state index contributed by atoms with van der Waals surface area (Å²) in [6.45, 7) is 3.71. The minimum atomic E-state index is -0.678. The van der Waals surface area contributed by atoms with Crippen LogP contribution in [0.4, 0.5) is 5.69 Å². The maximum absolute atomic E-state index is 12.5. The molecule has 0 spiro atoms. The Kier molecular flexibility index (Phi) is 6.91. The highest BCUT2D eigenvalue weighted by Crippen LogP contribution is 2.42. The molecule has 1 aliphatic rings. The van der Waals surface area contributed by atoms with Gasteiger partial charge >= 0.3 is 5.97 Å². The normalized spacial score (nSPS) is 16.1. The van der Waals surface area contributed by atoms with Crippen LogP contribution in [0.2, 0.25) is 0 Å². The van der Waals surface area contributed by atoms with Crippen molar-refractivity contribution in [1.82, 2.24) is 0 Å². The third-order valence-corrected chi connectivity index (χ3v) is 5.46. The number of aromatic hydroxyl groups is 1. The second-order valence-corrected chi connectivity index (χ2v) is 7.60. The number of methoxy groups -OCH3 is 2. The fourth-order valence-electron chi connectivity index (χ4n) is 2.92. The second kappa shape index (κ2) is 9.61. The highest BCUT2D eigenvalue weighted by atomic mass is 32.2. The monoisotopic (exact) mass is 441 g/mol. The lowest BCUT2D eigenvalue weighted by Crippen LogP contribution is -2.12. The molecule has 2 aromatic carbocycles. The topological polar surface area (TPSA) is 97.6 Å². The van der Waals surface area contributed by atoms with E-state index >= 15 is 0 Å². The second-order valence-electron chi connectivity index (χ2n) is 6.57. The average Bonchev–Trinajstić information content (AvgIpc) is 3.04. The third-order valence-electron chi connectivity index (χ3n) is 4.44. The molecule has 1 aliphatic heterocycles. The summed E-state index contributed by atoms with van der Waals surface area (Å²) < 4.78 is 15.7. The predicted molar refractivity (Wildman–Crippen MR) is 121 cm³/mol. The highest BCUT2D eigenvalue weighted by molar-refractivity contribution is 8.18. The molecule has 0 unspecified atom stereocenters. The van der Waals surface area contributed by atoms with E-state index < -0.39 is 5.97 Å². The van der Waals surface area contributed by atoms with Crippen LogP contribution >= 0.6 is 11.8 Å². The molecule has 7 nitrogen and oxygen atoms in total. The van der Waals surface area contributed by atoms with Crippen LogP contribution in [-0.2, 0) is 9.53 Å². The van der Waals surface area contributed by atoms with E-state index in [1.54, 1.807) is 43.3 Å². The number of thioether (sulfide) groups is 1. The summed E-state index contributed by atoms with van der Waals surface area (Å²) in [5.74, 6) is 0.179. The van der Waals surface area contributed by atoms with Crippen molar-refractivity contribution in [2.75, 3.05) is 20.8 Å². The number of rotatable bonds is 6. The van der Waals surface area contributed by atoms with Gasteiger partial charge in [-0.05, 0) is 43.7 Å².